The summed E-state index contributed by atoms with van der Waals surface area (Å²) >= 11 is 1.07. The van der Waals surface area contributed by atoms with Crippen molar-refractivity contribution in [3.05, 3.63) is 84.0 Å². The highest BCUT2D eigenvalue weighted by molar-refractivity contribution is 8.14. The number of ether oxygens (including phenoxy) is 1. The summed E-state index contributed by atoms with van der Waals surface area (Å²) in [6.07, 6.45) is 8.59. The van der Waals surface area contributed by atoms with Crippen LogP contribution in [0.2, 0.25) is 0 Å². The van der Waals surface area contributed by atoms with Gasteiger partial charge in [-0.15, -0.1) is 0 Å². The van der Waals surface area contributed by atoms with Crippen molar-refractivity contribution in [3.8, 4) is 5.75 Å². The lowest BCUT2D eigenvalue weighted by Crippen LogP contribution is -2.17. The lowest BCUT2D eigenvalue weighted by atomic mass is 9.83. The first-order valence-corrected chi connectivity index (χ1v) is 11.7. The number of hydrogen-bond donors (Lipinski definition) is 0. The maximum absolute atomic E-state index is 12.9. The van der Waals surface area contributed by atoms with E-state index < -0.39 is 5.97 Å². The molecule has 0 N–H and O–H groups in total. The Labute approximate surface area is 199 Å². The van der Waals surface area contributed by atoms with Crippen molar-refractivity contribution in [1.82, 2.24) is 0 Å². The minimum Gasteiger partial charge on any atom is -0.421 e. The molecule has 174 valence electrons. The Kier molecular flexibility index (Phi) is 12.6. The number of hydrogen-bond acceptors (Lipinski definition) is 4. The second-order valence-electron chi connectivity index (χ2n) is 7.89. The van der Waals surface area contributed by atoms with Gasteiger partial charge in [0.25, 0.3) is 0 Å². The maximum Gasteiger partial charge on any atom is 0.343 e. The number of esters is 1. The Hall–Kier alpha value is -2.59. The topological polar surface area (TPSA) is 43.4 Å². The van der Waals surface area contributed by atoms with Crippen LogP contribution < -0.4 is 4.74 Å². The largest absolute Gasteiger partial charge is 0.421 e. The van der Waals surface area contributed by atoms with Gasteiger partial charge in [-0.1, -0.05) is 91.6 Å². The Morgan fingerprint density at radius 2 is 1.62 bits per heavy atom. The molecule has 0 heterocycles. The zero-order valence-corrected chi connectivity index (χ0v) is 21.7. The third kappa shape index (κ3) is 7.83. The average Bonchev–Trinajstić information content (AvgIpc) is 2.75. The fraction of sp³-hybridized carbons (Fsp3) is 0.357. The van der Waals surface area contributed by atoms with Crippen LogP contribution in [-0.2, 0) is 15.0 Å². The van der Waals surface area contributed by atoms with E-state index in [0.29, 0.717) is 21.8 Å². The molecule has 0 atom stereocenters. The molecule has 0 amide bonds. The van der Waals surface area contributed by atoms with E-state index in [9.17, 15) is 9.59 Å². The van der Waals surface area contributed by atoms with E-state index >= 15 is 0 Å². The molecule has 0 radical (unpaired) electrons. The standard InChI is InChI=1S/C26H32O3S.C2H6/c1-10-14-19(12-3)24(27)29-22-17(5)16-21(26(7,8)9)18(6)23(22)30-25(28)20(13-4)15-11-2;1-2/h10,12-16H,1,3-4,11H2,2,5-9H3;1-2H3/b19-14+,20-15+;. The van der Waals surface area contributed by atoms with Gasteiger partial charge in [0.2, 0.25) is 5.12 Å². The zero-order chi connectivity index (χ0) is 25.1. The van der Waals surface area contributed by atoms with Crippen LogP contribution in [-0.4, -0.2) is 11.1 Å². The Morgan fingerprint density at radius 3 is 2.06 bits per heavy atom. The van der Waals surface area contributed by atoms with Crippen LogP contribution in [0.3, 0.4) is 0 Å². The minimum atomic E-state index is -0.543. The van der Waals surface area contributed by atoms with Crippen molar-refractivity contribution in [2.45, 2.75) is 72.1 Å². The molecule has 0 bridgehead atoms. The van der Waals surface area contributed by atoms with Gasteiger partial charge < -0.3 is 4.74 Å². The molecule has 3 nitrogen and oxygen atoms in total. The molecule has 1 rings (SSSR count). The molecule has 4 heteroatoms. The summed E-state index contributed by atoms with van der Waals surface area (Å²) in [7, 11) is 0. The zero-order valence-electron chi connectivity index (χ0n) is 20.9. The SMILES string of the molecule is C=C/C=C(\C=C)C(=O)Oc1c(C)cc(C(C)(C)C)c(C)c1SC(=O)/C(C=C)=C/CC.CC. The van der Waals surface area contributed by atoms with Gasteiger partial charge in [0.1, 0.15) is 5.75 Å². The van der Waals surface area contributed by atoms with Crippen molar-refractivity contribution in [1.29, 1.82) is 0 Å². The van der Waals surface area contributed by atoms with Crippen molar-refractivity contribution in [3.63, 3.8) is 0 Å². The van der Waals surface area contributed by atoms with Crippen LogP contribution in [0.5, 0.6) is 5.75 Å². The summed E-state index contributed by atoms with van der Waals surface area (Å²) in [5.74, 6) is -0.154. The van der Waals surface area contributed by atoms with Crippen LogP contribution >= 0.6 is 11.8 Å². The van der Waals surface area contributed by atoms with Crippen LogP contribution in [0.25, 0.3) is 0 Å². The summed E-state index contributed by atoms with van der Waals surface area (Å²) in [5, 5.41) is -0.136. The summed E-state index contributed by atoms with van der Waals surface area (Å²) < 4.78 is 5.76. The number of benzene rings is 1. The van der Waals surface area contributed by atoms with E-state index in [1.807, 2.05) is 46.8 Å². The molecular weight excluding hydrogens is 416 g/mol. The van der Waals surface area contributed by atoms with Crippen molar-refractivity contribution in [2.75, 3.05) is 0 Å². The average molecular weight is 455 g/mol. The van der Waals surface area contributed by atoms with Crippen molar-refractivity contribution in [2.24, 2.45) is 0 Å². The first-order chi connectivity index (χ1) is 15.0. The maximum atomic E-state index is 12.9. The van der Waals surface area contributed by atoms with Gasteiger partial charge in [0.05, 0.1) is 10.5 Å². The van der Waals surface area contributed by atoms with Crippen molar-refractivity contribution < 1.29 is 14.3 Å². The van der Waals surface area contributed by atoms with Gasteiger partial charge in [0, 0.05) is 5.57 Å². The number of allylic oxidation sites excluding steroid dienone is 4. The van der Waals surface area contributed by atoms with E-state index in [1.54, 1.807) is 12.2 Å². The quantitative estimate of drug-likeness (QED) is 0.131. The van der Waals surface area contributed by atoms with Gasteiger partial charge in [-0.3, -0.25) is 4.79 Å². The molecule has 0 saturated heterocycles. The smallest absolute Gasteiger partial charge is 0.343 e. The summed E-state index contributed by atoms with van der Waals surface area (Å²) in [4.78, 5) is 26.3. The minimum absolute atomic E-state index is 0.134. The molecular formula is C28H38O3S. The number of aryl methyl sites for hydroxylation is 1. The molecule has 0 aliphatic carbocycles. The van der Waals surface area contributed by atoms with Gasteiger partial charge in [-0.2, -0.15) is 0 Å². The second kappa shape index (κ2) is 13.7. The number of carbonyl (C=O) groups is 2. The number of rotatable bonds is 8. The fourth-order valence-electron chi connectivity index (χ4n) is 3.01. The third-order valence-corrected chi connectivity index (χ3v) is 5.62. The number of thioether (sulfide) groups is 1. The molecule has 32 heavy (non-hydrogen) atoms. The van der Waals surface area contributed by atoms with Crippen molar-refractivity contribution >= 4 is 22.8 Å². The highest BCUT2D eigenvalue weighted by Crippen LogP contribution is 2.42. The van der Waals surface area contributed by atoms with Crippen LogP contribution in [0.1, 0.15) is 64.7 Å². The second-order valence-corrected chi connectivity index (χ2v) is 8.87. The monoisotopic (exact) mass is 454 g/mol. The van der Waals surface area contributed by atoms with Gasteiger partial charge >= 0.3 is 5.97 Å². The van der Waals surface area contributed by atoms with E-state index in [-0.39, 0.29) is 10.5 Å². The Balaban J connectivity index is 0.00000466. The lowest BCUT2D eigenvalue weighted by Gasteiger charge is -2.26. The predicted molar refractivity (Wildman–Crippen MR) is 140 cm³/mol. The summed E-state index contributed by atoms with van der Waals surface area (Å²) in [6.45, 7) is 27.2. The molecule has 0 unspecified atom stereocenters. The van der Waals surface area contributed by atoms with Gasteiger partial charge in [0.15, 0.2) is 0 Å². The molecule has 0 spiro atoms. The molecule has 1 aromatic rings. The van der Waals surface area contributed by atoms with E-state index in [1.165, 1.54) is 12.2 Å². The summed E-state index contributed by atoms with van der Waals surface area (Å²) in [5.41, 5.74) is 3.50. The van der Waals surface area contributed by atoms with Gasteiger partial charge in [-0.25, -0.2) is 4.79 Å². The lowest BCUT2D eigenvalue weighted by molar-refractivity contribution is -0.130. The van der Waals surface area contributed by atoms with E-state index in [4.69, 9.17) is 4.74 Å². The summed E-state index contributed by atoms with van der Waals surface area (Å²) in [6, 6.07) is 2.02. The molecule has 0 aliphatic heterocycles. The predicted octanol–water partition coefficient (Wildman–Crippen LogP) is 7.97. The van der Waals surface area contributed by atoms with Crippen LogP contribution in [0.4, 0.5) is 0 Å². The first-order valence-electron chi connectivity index (χ1n) is 10.9. The Bertz CT molecular complexity index is 925. The fourth-order valence-corrected chi connectivity index (χ4v) is 4.04. The first kappa shape index (κ1) is 29.4. The van der Waals surface area contributed by atoms with E-state index in [0.717, 1.165) is 34.9 Å². The van der Waals surface area contributed by atoms with Crippen LogP contribution in [0.15, 0.2) is 72.2 Å². The highest BCUT2D eigenvalue weighted by Gasteiger charge is 2.26. The normalized spacial score (nSPS) is 11.8. The molecule has 0 saturated carbocycles. The Morgan fingerprint density at radius 1 is 1.06 bits per heavy atom. The molecule has 0 aliphatic rings. The third-order valence-electron chi connectivity index (χ3n) is 4.50. The molecule has 0 fully saturated rings. The molecule has 1 aromatic carbocycles. The van der Waals surface area contributed by atoms with E-state index in [2.05, 4.69) is 40.5 Å². The highest BCUT2D eigenvalue weighted by atomic mass is 32.2. The molecule has 0 aromatic heterocycles. The van der Waals surface area contributed by atoms with Crippen LogP contribution in [0, 0.1) is 13.8 Å². The number of carbonyl (C=O) groups excluding carboxylic acids is 2. The van der Waals surface area contributed by atoms with Gasteiger partial charge in [-0.05, 0) is 60.2 Å².